The zero-order valence-electron chi connectivity index (χ0n) is 21.9. The van der Waals surface area contributed by atoms with Crippen LogP contribution in [0.15, 0.2) is 48.7 Å². The molecule has 6 nitrogen and oxygen atoms in total. The molecule has 2 fully saturated rings. The number of aromatic nitrogens is 1. The minimum atomic E-state index is -0.548. The number of likely N-dealkylation sites (tertiary alicyclic amines) is 1. The summed E-state index contributed by atoms with van der Waals surface area (Å²) in [6, 6.07) is 11.1. The number of hydrogen-bond donors (Lipinski definition) is 1. The Morgan fingerprint density at radius 3 is 2.30 bits per heavy atom. The highest BCUT2D eigenvalue weighted by Gasteiger charge is 2.29. The Kier molecular flexibility index (Phi) is 9.43. The standard InChI is InChI=1S/C29H30Cl3F2N5O.H2/c30-22-11-19(12-23(31)14-22)16-36-29(40)21-13-26(32)28(35-17-21)39-9-7-38(8-10-39)25-3-5-37(6-4-25)18-20-1-2-24(33)15-27(20)34;/h1-2,11-15,17,25H,3-10,16,18H2,(H,36,40);1H. The normalized spacial score (nSPS) is 17.3. The number of pyridine rings is 1. The lowest BCUT2D eigenvalue weighted by Crippen LogP contribution is -2.53. The maximum Gasteiger partial charge on any atom is 0.253 e. The van der Waals surface area contributed by atoms with Gasteiger partial charge in [-0.2, -0.15) is 0 Å². The lowest BCUT2D eigenvalue weighted by molar-refractivity contribution is 0.0950. The van der Waals surface area contributed by atoms with Gasteiger partial charge < -0.3 is 10.2 Å². The molecule has 2 saturated heterocycles. The number of rotatable bonds is 7. The van der Waals surface area contributed by atoms with Crippen LogP contribution < -0.4 is 10.2 Å². The number of nitrogens with zero attached hydrogens (tertiary/aromatic N) is 4. The highest BCUT2D eigenvalue weighted by molar-refractivity contribution is 6.34. The highest BCUT2D eigenvalue weighted by atomic mass is 35.5. The lowest BCUT2D eigenvalue weighted by Gasteiger charge is -2.43. The number of benzene rings is 2. The molecule has 5 rings (SSSR count). The van der Waals surface area contributed by atoms with Gasteiger partial charge in [0.05, 0.1) is 10.6 Å². The molecule has 0 aliphatic carbocycles. The molecule has 0 atom stereocenters. The summed E-state index contributed by atoms with van der Waals surface area (Å²) in [5.74, 6) is -0.638. The molecule has 3 aromatic rings. The fraction of sp³-hybridized carbons (Fsp3) is 0.379. The minimum absolute atomic E-state index is 0. The Bertz CT molecular complexity index is 1350. The number of nitrogens with one attached hydrogen (secondary N) is 1. The van der Waals surface area contributed by atoms with Crippen molar-refractivity contribution < 1.29 is 15.0 Å². The van der Waals surface area contributed by atoms with E-state index in [9.17, 15) is 13.6 Å². The minimum Gasteiger partial charge on any atom is -0.353 e. The Balaban J connectivity index is 0.00000387. The zero-order chi connectivity index (χ0) is 28.2. The molecule has 3 heterocycles. The van der Waals surface area contributed by atoms with Crippen LogP contribution in [-0.2, 0) is 13.1 Å². The monoisotopic (exact) mass is 609 g/mol. The molecule has 40 heavy (non-hydrogen) atoms. The molecule has 0 radical (unpaired) electrons. The van der Waals surface area contributed by atoms with E-state index in [0.717, 1.165) is 63.7 Å². The van der Waals surface area contributed by atoms with E-state index in [1.807, 2.05) is 0 Å². The summed E-state index contributed by atoms with van der Waals surface area (Å²) in [7, 11) is 0. The first kappa shape index (κ1) is 29.0. The van der Waals surface area contributed by atoms with Gasteiger partial charge in [-0.05, 0) is 61.8 Å². The number of piperazine rings is 1. The summed E-state index contributed by atoms with van der Waals surface area (Å²) in [5, 5.41) is 4.30. The third kappa shape index (κ3) is 7.22. The number of anilines is 1. The average Bonchev–Trinajstić information content (AvgIpc) is 2.93. The maximum absolute atomic E-state index is 14.0. The predicted octanol–water partition coefficient (Wildman–Crippen LogP) is 6.28. The molecule has 1 aromatic heterocycles. The first-order chi connectivity index (χ1) is 19.2. The third-order valence-corrected chi connectivity index (χ3v) is 8.27. The van der Waals surface area contributed by atoms with Crippen LogP contribution in [0.2, 0.25) is 15.1 Å². The molecule has 2 aliphatic heterocycles. The summed E-state index contributed by atoms with van der Waals surface area (Å²) < 4.78 is 27.2. The Morgan fingerprint density at radius 1 is 0.950 bits per heavy atom. The van der Waals surface area contributed by atoms with Crippen molar-refractivity contribution in [3.8, 4) is 0 Å². The average molecular weight is 611 g/mol. The van der Waals surface area contributed by atoms with Gasteiger partial charge in [-0.3, -0.25) is 14.6 Å². The van der Waals surface area contributed by atoms with Gasteiger partial charge in [-0.25, -0.2) is 13.8 Å². The van der Waals surface area contributed by atoms with Gasteiger partial charge in [0, 0.05) is 74.6 Å². The van der Waals surface area contributed by atoms with Crippen molar-refractivity contribution in [3.63, 3.8) is 0 Å². The predicted molar refractivity (Wildman–Crippen MR) is 157 cm³/mol. The van der Waals surface area contributed by atoms with E-state index in [1.165, 1.54) is 12.1 Å². The number of halogens is 5. The van der Waals surface area contributed by atoms with Gasteiger partial charge >= 0.3 is 0 Å². The van der Waals surface area contributed by atoms with E-state index >= 15 is 0 Å². The van der Waals surface area contributed by atoms with Crippen molar-refractivity contribution in [3.05, 3.63) is 92.1 Å². The maximum atomic E-state index is 14.0. The van der Waals surface area contributed by atoms with Crippen LogP contribution in [-0.4, -0.2) is 66.0 Å². The molecule has 0 saturated carbocycles. The number of amides is 1. The summed E-state index contributed by atoms with van der Waals surface area (Å²) in [4.78, 5) is 24.1. The molecular weight excluding hydrogens is 579 g/mol. The fourth-order valence-corrected chi connectivity index (χ4v) is 6.27. The molecule has 0 spiro atoms. The van der Waals surface area contributed by atoms with E-state index in [1.54, 1.807) is 30.5 Å². The number of carbonyl (C=O) groups is 1. The van der Waals surface area contributed by atoms with Crippen molar-refractivity contribution in [2.24, 2.45) is 0 Å². The third-order valence-electron chi connectivity index (χ3n) is 7.56. The zero-order valence-corrected chi connectivity index (χ0v) is 24.1. The van der Waals surface area contributed by atoms with Crippen LogP contribution >= 0.6 is 34.8 Å². The van der Waals surface area contributed by atoms with Gasteiger partial charge in [0.25, 0.3) is 5.91 Å². The van der Waals surface area contributed by atoms with Gasteiger partial charge in [0.2, 0.25) is 0 Å². The van der Waals surface area contributed by atoms with Crippen LogP contribution in [0.1, 0.15) is 35.8 Å². The van der Waals surface area contributed by atoms with Gasteiger partial charge in [-0.1, -0.05) is 40.9 Å². The van der Waals surface area contributed by atoms with Crippen LogP contribution in [0.5, 0.6) is 0 Å². The SMILES string of the molecule is O=C(NCc1cc(Cl)cc(Cl)c1)c1cnc(N2CCN(C3CCN(Cc4ccc(F)cc4F)CC3)CC2)c(Cl)c1.[HH]. The summed E-state index contributed by atoms with van der Waals surface area (Å²) in [6.07, 6.45) is 3.56. The van der Waals surface area contributed by atoms with Gasteiger partial charge in [-0.15, -0.1) is 0 Å². The molecule has 0 unspecified atom stereocenters. The van der Waals surface area contributed by atoms with Crippen molar-refractivity contribution in [2.45, 2.75) is 32.0 Å². The van der Waals surface area contributed by atoms with Crippen molar-refractivity contribution in [1.82, 2.24) is 20.1 Å². The highest BCUT2D eigenvalue weighted by Crippen LogP contribution is 2.27. The van der Waals surface area contributed by atoms with Crippen LogP contribution in [0.25, 0.3) is 0 Å². The largest absolute Gasteiger partial charge is 0.353 e. The second-order valence-electron chi connectivity index (χ2n) is 10.3. The molecule has 0 bridgehead atoms. The smallest absolute Gasteiger partial charge is 0.253 e. The Hall–Kier alpha value is -2.49. The van der Waals surface area contributed by atoms with E-state index < -0.39 is 11.6 Å². The number of hydrogen-bond acceptors (Lipinski definition) is 5. The number of piperidine rings is 1. The molecule has 1 amide bonds. The molecule has 11 heteroatoms. The molecule has 2 aliphatic rings. The van der Waals surface area contributed by atoms with E-state index in [2.05, 4.69) is 25.0 Å². The Morgan fingerprint density at radius 2 is 1.65 bits per heavy atom. The fourth-order valence-electron chi connectivity index (χ4n) is 5.42. The second-order valence-corrected chi connectivity index (χ2v) is 11.5. The van der Waals surface area contributed by atoms with Crippen LogP contribution in [0.4, 0.5) is 14.6 Å². The topological polar surface area (TPSA) is 51.7 Å². The summed E-state index contributed by atoms with van der Waals surface area (Å²) in [6.45, 7) is 5.89. The number of carbonyl (C=O) groups excluding carboxylic acids is 1. The van der Waals surface area contributed by atoms with Crippen LogP contribution in [0.3, 0.4) is 0 Å². The molecule has 2 aromatic carbocycles. The summed E-state index contributed by atoms with van der Waals surface area (Å²) in [5.41, 5.74) is 1.71. The van der Waals surface area contributed by atoms with E-state index in [-0.39, 0.29) is 13.9 Å². The van der Waals surface area contributed by atoms with Crippen molar-refractivity contribution in [1.29, 1.82) is 0 Å². The lowest BCUT2D eigenvalue weighted by atomic mass is 10.0. The first-order valence-electron chi connectivity index (χ1n) is 13.3. The Labute approximate surface area is 249 Å². The summed E-state index contributed by atoms with van der Waals surface area (Å²) >= 11 is 18.6. The van der Waals surface area contributed by atoms with E-state index in [0.29, 0.717) is 44.6 Å². The van der Waals surface area contributed by atoms with Crippen LogP contribution in [0, 0.1) is 11.6 Å². The van der Waals surface area contributed by atoms with Gasteiger partial charge in [0.1, 0.15) is 17.5 Å². The quantitative estimate of drug-likeness (QED) is 0.341. The first-order valence-corrected chi connectivity index (χ1v) is 14.4. The second kappa shape index (κ2) is 13.0. The van der Waals surface area contributed by atoms with Crippen molar-refractivity contribution in [2.75, 3.05) is 44.2 Å². The van der Waals surface area contributed by atoms with E-state index in [4.69, 9.17) is 34.8 Å². The molecule has 1 N–H and O–H groups in total. The van der Waals surface area contributed by atoms with Gasteiger partial charge in [0.15, 0.2) is 0 Å². The molecule has 214 valence electrons. The molecular formula is C29H32Cl3F2N5O. The van der Waals surface area contributed by atoms with Crippen molar-refractivity contribution >= 4 is 46.5 Å².